The van der Waals surface area contributed by atoms with Crippen molar-refractivity contribution < 1.29 is 28.9 Å². The monoisotopic (exact) mass is 445 g/mol. The summed E-state index contributed by atoms with van der Waals surface area (Å²) in [5, 5.41) is 11.3. The minimum Gasteiger partial charge on any atom is -0.507 e. The molecular formula is C23H24ClNO6. The summed E-state index contributed by atoms with van der Waals surface area (Å²) >= 11 is 6.19. The normalized spacial score (nSPS) is 17.8. The standard InChI is InChI=1S/C23H24ClNO6/c1-4-31-16-8-5-14(6-9-16)20-19(22(27)23(28)25(20)11-12-29-2)21(26)15-7-10-18(30-3)17(24)13-15/h5-10,13,20,26H,4,11-12H2,1-3H3/b21-19-. The van der Waals surface area contributed by atoms with Gasteiger partial charge in [-0.2, -0.15) is 0 Å². The first-order valence-corrected chi connectivity index (χ1v) is 10.1. The Morgan fingerprint density at radius 2 is 1.84 bits per heavy atom. The van der Waals surface area contributed by atoms with Crippen molar-refractivity contribution in [3.8, 4) is 11.5 Å². The molecule has 2 aromatic rings. The maximum absolute atomic E-state index is 12.9. The summed E-state index contributed by atoms with van der Waals surface area (Å²) in [6.45, 7) is 2.84. The molecule has 31 heavy (non-hydrogen) atoms. The molecule has 1 aliphatic rings. The van der Waals surface area contributed by atoms with Gasteiger partial charge < -0.3 is 24.2 Å². The average molecular weight is 446 g/mol. The molecule has 1 amide bonds. The van der Waals surface area contributed by atoms with E-state index in [0.29, 0.717) is 29.2 Å². The highest BCUT2D eigenvalue weighted by atomic mass is 35.5. The van der Waals surface area contributed by atoms with E-state index in [2.05, 4.69) is 0 Å². The van der Waals surface area contributed by atoms with Crippen LogP contribution >= 0.6 is 11.6 Å². The van der Waals surface area contributed by atoms with Gasteiger partial charge in [0.25, 0.3) is 11.7 Å². The number of ketones is 1. The summed E-state index contributed by atoms with van der Waals surface area (Å²) in [7, 11) is 3.00. The number of halogens is 1. The van der Waals surface area contributed by atoms with Gasteiger partial charge in [-0.3, -0.25) is 9.59 Å². The lowest BCUT2D eigenvalue weighted by Crippen LogP contribution is -2.32. The quantitative estimate of drug-likeness (QED) is 0.378. The van der Waals surface area contributed by atoms with Crippen molar-refractivity contribution in [1.29, 1.82) is 0 Å². The van der Waals surface area contributed by atoms with Crippen molar-refractivity contribution in [3.05, 3.63) is 64.2 Å². The molecule has 0 spiro atoms. The zero-order valence-electron chi connectivity index (χ0n) is 17.6. The number of likely N-dealkylation sites (tertiary alicyclic amines) is 1. The Kier molecular flexibility index (Phi) is 7.20. The molecule has 0 aromatic heterocycles. The molecule has 164 valence electrons. The molecule has 1 fully saturated rings. The molecular weight excluding hydrogens is 422 g/mol. The highest BCUT2D eigenvalue weighted by Gasteiger charge is 2.45. The van der Waals surface area contributed by atoms with E-state index in [1.165, 1.54) is 25.2 Å². The van der Waals surface area contributed by atoms with E-state index in [9.17, 15) is 14.7 Å². The van der Waals surface area contributed by atoms with Crippen LogP contribution in [-0.2, 0) is 14.3 Å². The van der Waals surface area contributed by atoms with E-state index < -0.39 is 17.7 Å². The van der Waals surface area contributed by atoms with Crippen LogP contribution in [0.2, 0.25) is 5.02 Å². The maximum Gasteiger partial charge on any atom is 0.295 e. The third-order valence-electron chi connectivity index (χ3n) is 5.01. The molecule has 0 bridgehead atoms. The van der Waals surface area contributed by atoms with Crippen LogP contribution in [0.15, 0.2) is 48.0 Å². The van der Waals surface area contributed by atoms with Gasteiger partial charge in [-0.05, 0) is 42.8 Å². The van der Waals surface area contributed by atoms with Crippen LogP contribution in [0.3, 0.4) is 0 Å². The van der Waals surface area contributed by atoms with Crippen molar-refractivity contribution in [2.45, 2.75) is 13.0 Å². The number of carbonyl (C=O) groups is 2. The SMILES string of the molecule is CCOc1ccc(C2/C(=C(/O)c3ccc(OC)c(Cl)c3)C(=O)C(=O)N2CCOC)cc1. The van der Waals surface area contributed by atoms with E-state index >= 15 is 0 Å². The summed E-state index contributed by atoms with van der Waals surface area (Å²) in [6.07, 6.45) is 0. The van der Waals surface area contributed by atoms with Crippen LogP contribution in [0.5, 0.6) is 11.5 Å². The van der Waals surface area contributed by atoms with E-state index in [4.69, 9.17) is 25.8 Å². The van der Waals surface area contributed by atoms with E-state index in [-0.39, 0.29) is 29.5 Å². The zero-order chi connectivity index (χ0) is 22.5. The molecule has 0 aliphatic carbocycles. The lowest BCUT2D eigenvalue weighted by Gasteiger charge is -2.25. The number of Topliss-reactive ketones (excluding diaryl/α,β-unsaturated/α-hetero) is 1. The van der Waals surface area contributed by atoms with Crippen LogP contribution in [0.25, 0.3) is 5.76 Å². The second-order valence-electron chi connectivity index (χ2n) is 6.84. The van der Waals surface area contributed by atoms with Crippen LogP contribution in [-0.4, -0.2) is 55.7 Å². The maximum atomic E-state index is 12.9. The Balaban J connectivity index is 2.12. The lowest BCUT2D eigenvalue weighted by molar-refractivity contribution is -0.140. The number of aliphatic hydroxyl groups is 1. The Bertz CT molecular complexity index is 1000. The lowest BCUT2D eigenvalue weighted by atomic mass is 9.95. The molecule has 1 saturated heterocycles. The first-order chi connectivity index (χ1) is 14.9. The molecule has 0 radical (unpaired) electrons. The molecule has 1 heterocycles. The number of rotatable bonds is 8. The Morgan fingerprint density at radius 3 is 2.42 bits per heavy atom. The fourth-order valence-corrected chi connectivity index (χ4v) is 3.79. The number of nitrogens with zero attached hydrogens (tertiary/aromatic N) is 1. The summed E-state index contributed by atoms with van der Waals surface area (Å²) in [5.41, 5.74) is 0.970. The van der Waals surface area contributed by atoms with Crippen LogP contribution < -0.4 is 9.47 Å². The molecule has 2 aromatic carbocycles. The van der Waals surface area contributed by atoms with Gasteiger partial charge >= 0.3 is 0 Å². The molecule has 1 aliphatic heterocycles. The van der Waals surface area contributed by atoms with Crippen LogP contribution in [0, 0.1) is 0 Å². The van der Waals surface area contributed by atoms with E-state index in [0.717, 1.165) is 0 Å². The number of hydrogen-bond donors (Lipinski definition) is 1. The number of ether oxygens (including phenoxy) is 3. The fraction of sp³-hybridized carbons (Fsp3) is 0.304. The first kappa shape index (κ1) is 22.7. The predicted octanol–water partition coefficient (Wildman–Crippen LogP) is 3.82. The molecule has 1 N–H and O–H groups in total. The largest absolute Gasteiger partial charge is 0.507 e. The molecule has 3 rings (SSSR count). The Labute approximate surface area is 185 Å². The average Bonchev–Trinajstić information content (AvgIpc) is 3.02. The number of amides is 1. The summed E-state index contributed by atoms with van der Waals surface area (Å²) in [5.74, 6) is -0.665. The number of hydrogen-bond acceptors (Lipinski definition) is 6. The van der Waals surface area contributed by atoms with Crippen LogP contribution in [0.4, 0.5) is 0 Å². The van der Waals surface area contributed by atoms with E-state index in [1.807, 2.05) is 6.92 Å². The van der Waals surface area contributed by atoms with Crippen molar-refractivity contribution >= 4 is 29.1 Å². The topological polar surface area (TPSA) is 85.3 Å². The summed E-state index contributed by atoms with van der Waals surface area (Å²) < 4.78 is 15.7. The minimum atomic E-state index is -0.772. The highest BCUT2D eigenvalue weighted by Crippen LogP contribution is 2.40. The highest BCUT2D eigenvalue weighted by molar-refractivity contribution is 6.46. The van der Waals surface area contributed by atoms with Gasteiger partial charge in [-0.1, -0.05) is 23.7 Å². The van der Waals surface area contributed by atoms with Crippen molar-refractivity contribution in [2.75, 3.05) is 34.0 Å². The predicted molar refractivity (Wildman–Crippen MR) is 117 cm³/mol. The molecule has 8 heteroatoms. The first-order valence-electron chi connectivity index (χ1n) is 9.76. The second kappa shape index (κ2) is 9.85. The smallest absolute Gasteiger partial charge is 0.295 e. The van der Waals surface area contributed by atoms with Gasteiger partial charge in [-0.15, -0.1) is 0 Å². The fourth-order valence-electron chi connectivity index (χ4n) is 3.53. The molecule has 7 nitrogen and oxygen atoms in total. The third kappa shape index (κ3) is 4.52. The Hall–Kier alpha value is -3.03. The Morgan fingerprint density at radius 1 is 1.13 bits per heavy atom. The van der Waals surface area contributed by atoms with Gasteiger partial charge in [0.05, 0.1) is 37.0 Å². The van der Waals surface area contributed by atoms with Crippen molar-refractivity contribution in [1.82, 2.24) is 4.90 Å². The van der Waals surface area contributed by atoms with Gasteiger partial charge in [0.2, 0.25) is 0 Å². The number of benzene rings is 2. The number of aliphatic hydroxyl groups excluding tert-OH is 1. The molecule has 1 unspecified atom stereocenters. The zero-order valence-corrected chi connectivity index (χ0v) is 18.3. The van der Waals surface area contributed by atoms with Crippen molar-refractivity contribution in [2.24, 2.45) is 0 Å². The van der Waals surface area contributed by atoms with Gasteiger partial charge in [0.1, 0.15) is 17.3 Å². The summed E-state index contributed by atoms with van der Waals surface area (Å²) in [6, 6.07) is 11.0. The third-order valence-corrected chi connectivity index (χ3v) is 5.30. The van der Waals surface area contributed by atoms with Gasteiger partial charge in [0, 0.05) is 19.2 Å². The van der Waals surface area contributed by atoms with Crippen molar-refractivity contribution in [3.63, 3.8) is 0 Å². The van der Waals surface area contributed by atoms with Gasteiger partial charge in [0.15, 0.2) is 0 Å². The molecule has 0 saturated carbocycles. The number of methoxy groups -OCH3 is 2. The van der Waals surface area contributed by atoms with Gasteiger partial charge in [-0.25, -0.2) is 0 Å². The molecule has 1 atom stereocenters. The second-order valence-corrected chi connectivity index (χ2v) is 7.24. The minimum absolute atomic E-state index is 0.00787. The van der Waals surface area contributed by atoms with Crippen LogP contribution in [0.1, 0.15) is 24.1 Å². The number of carbonyl (C=O) groups excluding carboxylic acids is 2. The van der Waals surface area contributed by atoms with E-state index in [1.54, 1.807) is 36.4 Å². The summed E-state index contributed by atoms with van der Waals surface area (Å²) in [4.78, 5) is 27.1.